The molecule has 1 unspecified atom stereocenters. The van der Waals surface area contributed by atoms with Crippen molar-refractivity contribution < 1.29 is 14.3 Å². The van der Waals surface area contributed by atoms with Gasteiger partial charge in [0.05, 0.1) is 6.61 Å². The summed E-state index contributed by atoms with van der Waals surface area (Å²) in [6.07, 6.45) is 2.90. The van der Waals surface area contributed by atoms with Crippen LogP contribution in [0.15, 0.2) is 0 Å². The smallest absolute Gasteiger partial charge is 0.318 e. The third kappa shape index (κ3) is 7.29. The van der Waals surface area contributed by atoms with E-state index in [4.69, 9.17) is 4.74 Å². The molecular formula is C10H17IO3. The highest BCUT2D eigenvalue weighted by molar-refractivity contribution is 14.1. The SMILES string of the molecule is CCCOC(=O)C(I)CCCC(C)=O. The minimum Gasteiger partial charge on any atom is -0.465 e. The average Bonchev–Trinajstić information content (AvgIpc) is 2.13. The fraction of sp³-hybridized carbons (Fsp3) is 0.800. The van der Waals surface area contributed by atoms with Gasteiger partial charge in [0.2, 0.25) is 0 Å². The maximum Gasteiger partial charge on any atom is 0.318 e. The number of alkyl halides is 1. The van der Waals surface area contributed by atoms with Crippen molar-refractivity contribution >= 4 is 34.3 Å². The molecule has 0 fully saturated rings. The summed E-state index contributed by atoms with van der Waals surface area (Å²) in [7, 11) is 0. The highest BCUT2D eigenvalue weighted by Crippen LogP contribution is 2.12. The minimum atomic E-state index is -0.156. The summed E-state index contributed by atoms with van der Waals surface area (Å²) in [5.41, 5.74) is 0. The molecule has 3 nitrogen and oxygen atoms in total. The molecule has 0 bridgehead atoms. The Labute approximate surface area is 98.7 Å². The number of carbonyl (C=O) groups excluding carboxylic acids is 2. The van der Waals surface area contributed by atoms with Gasteiger partial charge in [-0.2, -0.15) is 0 Å². The molecule has 0 radical (unpaired) electrons. The van der Waals surface area contributed by atoms with Crippen LogP contribution < -0.4 is 0 Å². The van der Waals surface area contributed by atoms with Crippen LogP contribution in [0, 0.1) is 0 Å². The first-order chi connectivity index (χ1) is 6.57. The van der Waals surface area contributed by atoms with Gasteiger partial charge in [0.25, 0.3) is 0 Å². The summed E-state index contributed by atoms with van der Waals surface area (Å²) in [6, 6.07) is 0. The first-order valence-electron chi connectivity index (χ1n) is 4.88. The number of carbonyl (C=O) groups is 2. The Hall–Kier alpha value is -0.130. The van der Waals surface area contributed by atoms with Crippen LogP contribution in [0.4, 0.5) is 0 Å². The lowest BCUT2D eigenvalue weighted by molar-refractivity contribution is -0.142. The number of Topliss-reactive ketones (excluding diaryl/α,β-unsaturated/α-hetero) is 1. The van der Waals surface area contributed by atoms with Gasteiger partial charge in [0, 0.05) is 6.42 Å². The average molecular weight is 312 g/mol. The number of hydrogen-bond acceptors (Lipinski definition) is 3. The maximum atomic E-state index is 11.3. The van der Waals surface area contributed by atoms with Crippen molar-refractivity contribution in [3.05, 3.63) is 0 Å². The minimum absolute atomic E-state index is 0.113. The fourth-order valence-electron chi connectivity index (χ4n) is 0.941. The van der Waals surface area contributed by atoms with Gasteiger partial charge in [-0.1, -0.05) is 29.5 Å². The van der Waals surface area contributed by atoms with Crippen molar-refractivity contribution in [2.45, 2.75) is 43.5 Å². The maximum absolute atomic E-state index is 11.3. The van der Waals surface area contributed by atoms with Crippen LogP contribution in [0.3, 0.4) is 0 Å². The van der Waals surface area contributed by atoms with E-state index in [1.165, 1.54) is 0 Å². The van der Waals surface area contributed by atoms with Gasteiger partial charge in [-0.3, -0.25) is 4.79 Å². The van der Waals surface area contributed by atoms with Crippen molar-refractivity contribution in [3.63, 3.8) is 0 Å². The molecule has 0 aliphatic carbocycles. The lowest BCUT2D eigenvalue weighted by Crippen LogP contribution is -2.17. The highest BCUT2D eigenvalue weighted by atomic mass is 127. The summed E-state index contributed by atoms with van der Waals surface area (Å²) in [5.74, 6) is 0.0199. The monoisotopic (exact) mass is 312 g/mol. The predicted octanol–water partition coefficient (Wildman–Crippen LogP) is 2.50. The molecule has 4 heteroatoms. The molecule has 0 N–H and O–H groups in total. The third-order valence-corrected chi connectivity index (χ3v) is 2.82. The molecular weight excluding hydrogens is 295 g/mol. The Morgan fingerprint density at radius 3 is 2.57 bits per heavy atom. The highest BCUT2D eigenvalue weighted by Gasteiger charge is 2.15. The second-order valence-corrected chi connectivity index (χ2v) is 4.73. The number of halogens is 1. The van der Waals surface area contributed by atoms with Gasteiger partial charge in [-0.05, 0) is 26.2 Å². The summed E-state index contributed by atoms with van der Waals surface area (Å²) in [4.78, 5) is 21.9. The predicted molar refractivity (Wildman–Crippen MR) is 63.6 cm³/mol. The first kappa shape index (κ1) is 13.9. The molecule has 0 heterocycles. The molecule has 0 spiro atoms. The van der Waals surface area contributed by atoms with Crippen LogP contribution in [0.25, 0.3) is 0 Å². The van der Waals surface area contributed by atoms with Crippen molar-refractivity contribution in [2.24, 2.45) is 0 Å². The molecule has 0 saturated carbocycles. The second-order valence-electron chi connectivity index (χ2n) is 3.23. The first-order valence-corrected chi connectivity index (χ1v) is 6.12. The molecule has 0 aromatic heterocycles. The lowest BCUT2D eigenvalue weighted by atomic mass is 10.1. The standard InChI is InChI=1S/C10H17IO3/c1-3-7-14-10(13)9(11)6-4-5-8(2)12/h9H,3-7H2,1-2H3. The van der Waals surface area contributed by atoms with Crippen molar-refractivity contribution in [1.29, 1.82) is 0 Å². The van der Waals surface area contributed by atoms with Crippen LogP contribution >= 0.6 is 22.6 Å². The number of ether oxygens (including phenoxy) is 1. The van der Waals surface area contributed by atoms with E-state index < -0.39 is 0 Å². The molecule has 0 aromatic carbocycles. The Morgan fingerprint density at radius 1 is 1.43 bits per heavy atom. The summed E-state index contributed by atoms with van der Waals surface area (Å²) in [5, 5.41) is 0. The molecule has 14 heavy (non-hydrogen) atoms. The third-order valence-electron chi connectivity index (χ3n) is 1.69. The quantitative estimate of drug-likeness (QED) is 0.412. The Morgan fingerprint density at radius 2 is 2.07 bits per heavy atom. The van der Waals surface area contributed by atoms with E-state index in [9.17, 15) is 9.59 Å². The van der Waals surface area contributed by atoms with Crippen LogP contribution in [-0.4, -0.2) is 22.3 Å². The normalized spacial score (nSPS) is 12.2. The van der Waals surface area contributed by atoms with Gasteiger partial charge < -0.3 is 9.53 Å². The van der Waals surface area contributed by atoms with E-state index in [2.05, 4.69) is 22.6 Å². The summed E-state index contributed by atoms with van der Waals surface area (Å²) < 4.78 is 4.87. The van der Waals surface area contributed by atoms with Gasteiger partial charge in [0.1, 0.15) is 9.71 Å². The van der Waals surface area contributed by atoms with Crippen LogP contribution in [0.1, 0.15) is 39.5 Å². The molecule has 82 valence electrons. The molecule has 0 saturated heterocycles. The number of esters is 1. The van der Waals surface area contributed by atoms with E-state index >= 15 is 0 Å². The molecule has 0 aromatic rings. The van der Waals surface area contributed by atoms with E-state index in [0.29, 0.717) is 13.0 Å². The zero-order valence-electron chi connectivity index (χ0n) is 8.72. The number of rotatable bonds is 7. The van der Waals surface area contributed by atoms with Gasteiger partial charge in [-0.25, -0.2) is 0 Å². The molecule has 0 aliphatic heterocycles. The topological polar surface area (TPSA) is 43.4 Å². The molecule has 0 amide bonds. The van der Waals surface area contributed by atoms with E-state index in [0.717, 1.165) is 19.3 Å². The molecule has 1 atom stereocenters. The largest absolute Gasteiger partial charge is 0.465 e. The van der Waals surface area contributed by atoms with Crippen molar-refractivity contribution in [2.75, 3.05) is 6.61 Å². The van der Waals surface area contributed by atoms with Gasteiger partial charge in [0.15, 0.2) is 0 Å². The van der Waals surface area contributed by atoms with Crippen LogP contribution in [0.5, 0.6) is 0 Å². The number of hydrogen-bond donors (Lipinski definition) is 0. The molecule has 0 rings (SSSR count). The second kappa shape index (κ2) is 8.20. The molecule has 0 aliphatic rings. The Bertz CT molecular complexity index is 192. The van der Waals surface area contributed by atoms with Crippen molar-refractivity contribution in [1.82, 2.24) is 0 Å². The van der Waals surface area contributed by atoms with Gasteiger partial charge >= 0.3 is 5.97 Å². The van der Waals surface area contributed by atoms with Gasteiger partial charge in [-0.15, -0.1) is 0 Å². The van der Waals surface area contributed by atoms with Crippen LogP contribution in [0.2, 0.25) is 0 Å². The Kier molecular flexibility index (Phi) is 8.12. The summed E-state index contributed by atoms with van der Waals surface area (Å²) in [6.45, 7) is 4.02. The van der Waals surface area contributed by atoms with E-state index in [-0.39, 0.29) is 15.7 Å². The van der Waals surface area contributed by atoms with Crippen molar-refractivity contribution in [3.8, 4) is 0 Å². The zero-order valence-corrected chi connectivity index (χ0v) is 10.9. The van der Waals surface area contributed by atoms with E-state index in [1.54, 1.807) is 6.92 Å². The lowest BCUT2D eigenvalue weighted by Gasteiger charge is -2.08. The number of ketones is 1. The zero-order chi connectivity index (χ0) is 11.0. The Balaban J connectivity index is 3.56. The summed E-state index contributed by atoms with van der Waals surface area (Å²) >= 11 is 2.07. The fourth-order valence-corrected chi connectivity index (χ4v) is 1.56. The van der Waals surface area contributed by atoms with Crippen LogP contribution in [-0.2, 0) is 14.3 Å². The van der Waals surface area contributed by atoms with E-state index in [1.807, 2.05) is 6.92 Å².